The van der Waals surface area contributed by atoms with Gasteiger partial charge in [0.2, 0.25) is 0 Å². The zero-order chi connectivity index (χ0) is 16.4. The summed E-state index contributed by atoms with van der Waals surface area (Å²) in [5, 5.41) is 0. The molecule has 2 heterocycles. The topological polar surface area (TPSA) is 24.9 Å². The van der Waals surface area contributed by atoms with Gasteiger partial charge in [-0.1, -0.05) is 0 Å². The average Bonchev–Trinajstić information content (AvgIpc) is 2.45. The third kappa shape index (κ3) is 4.67. The Morgan fingerprint density at radius 3 is 2.41 bits per heavy atom. The first-order chi connectivity index (χ1) is 10.2. The van der Waals surface area contributed by atoms with Crippen molar-refractivity contribution in [2.45, 2.75) is 77.6 Å². The molecule has 0 spiro atoms. The maximum Gasteiger partial charge on any atom is 0.0703 e. The third-order valence-corrected chi connectivity index (χ3v) is 5.31. The van der Waals surface area contributed by atoms with Crippen molar-refractivity contribution in [3.63, 3.8) is 0 Å². The second kappa shape index (κ2) is 7.16. The zero-order valence-corrected chi connectivity index (χ0v) is 15.5. The maximum absolute atomic E-state index is 6.03. The van der Waals surface area contributed by atoms with Crippen molar-refractivity contribution in [3.8, 4) is 0 Å². The Bertz CT molecular complexity index is 351. The van der Waals surface area contributed by atoms with Crippen LogP contribution in [0.25, 0.3) is 0 Å². The molecule has 2 rings (SSSR count). The first kappa shape index (κ1) is 18.2. The molecule has 2 aliphatic rings. The van der Waals surface area contributed by atoms with E-state index in [1.165, 1.54) is 6.42 Å². The van der Waals surface area contributed by atoms with E-state index in [1.54, 1.807) is 0 Å². The van der Waals surface area contributed by atoms with Gasteiger partial charge in [0.1, 0.15) is 0 Å². The Labute approximate surface area is 137 Å². The lowest BCUT2D eigenvalue weighted by atomic mass is 9.91. The summed E-state index contributed by atoms with van der Waals surface area (Å²) in [6.45, 7) is 19.7. The van der Waals surface area contributed by atoms with Gasteiger partial charge in [0.05, 0.1) is 25.9 Å². The number of ether oxygens (including phenoxy) is 2. The van der Waals surface area contributed by atoms with Crippen molar-refractivity contribution in [1.29, 1.82) is 0 Å². The quantitative estimate of drug-likeness (QED) is 0.797. The van der Waals surface area contributed by atoms with E-state index in [-0.39, 0.29) is 11.1 Å². The first-order valence-corrected chi connectivity index (χ1v) is 8.91. The van der Waals surface area contributed by atoms with Crippen LogP contribution in [0.15, 0.2) is 0 Å². The highest BCUT2D eigenvalue weighted by Gasteiger charge is 2.34. The fourth-order valence-corrected chi connectivity index (χ4v) is 3.79. The molecular weight excluding hydrogens is 276 g/mol. The van der Waals surface area contributed by atoms with E-state index in [2.05, 4.69) is 51.3 Å². The van der Waals surface area contributed by atoms with Crippen molar-refractivity contribution in [2.75, 3.05) is 39.5 Å². The number of rotatable bonds is 4. The second-order valence-electron chi connectivity index (χ2n) is 8.58. The molecule has 2 aliphatic heterocycles. The van der Waals surface area contributed by atoms with Crippen LogP contribution >= 0.6 is 0 Å². The van der Waals surface area contributed by atoms with Gasteiger partial charge in [0.15, 0.2) is 0 Å². The van der Waals surface area contributed by atoms with Crippen LogP contribution in [0.3, 0.4) is 0 Å². The second-order valence-corrected chi connectivity index (χ2v) is 8.58. The highest BCUT2D eigenvalue weighted by Crippen LogP contribution is 2.28. The molecule has 0 aromatic heterocycles. The summed E-state index contributed by atoms with van der Waals surface area (Å²) in [6, 6.07) is 0.516. The van der Waals surface area contributed by atoms with Gasteiger partial charge >= 0.3 is 0 Å². The van der Waals surface area contributed by atoms with Crippen molar-refractivity contribution in [1.82, 2.24) is 9.80 Å². The van der Waals surface area contributed by atoms with Gasteiger partial charge in [-0.25, -0.2) is 0 Å². The lowest BCUT2D eigenvalue weighted by Gasteiger charge is -2.46. The summed E-state index contributed by atoms with van der Waals surface area (Å²) in [5.74, 6) is 0. The van der Waals surface area contributed by atoms with E-state index < -0.39 is 0 Å². The SMILES string of the molecule is C[C@@H]1COCCN1C(C)(C)CC[C@H]1CN(C(C)(C)C)CCO1. The smallest absolute Gasteiger partial charge is 0.0703 e. The Hall–Kier alpha value is -0.160. The molecule has 130 valence electrons. The maximum atomic E-state index is 6.03. The molecule has 2 fully saturated rings. The van der Waals surface area contributed by atoms with Gasteiger partial charge in [-0.2, -0.15) is 0 Å². The summed E-state index contributed by atoms with van der Waals surface area (Å²) in [5.41, 5.74) is 0.465. The van der Waals surface area contributed by atoms with Crippen LogP contribution < -0.4 is 0 Å². The van der Waals surface area contributed by atoms with Crippen molar-refractivity contribution in [2.24, 2.45) is 0 Å². The number of morpholine rings is 2. The summed E-state index contributed by atoms with van der Waals surface area (Å²) in [7, 11) is 0. The molecule has 2 atom stereocenters. The zero-order valence-electron chi connectivity index (χ0n) is 15.5. The highest BCUT2D eigenvalue weighted by atomic mass is 16.5. The summed E-state index contributed by atoms with van der Waals surface area (Å²) in [4.78, 5) is 5.17. The number of nitrogens with zero attached hydrogens (tertiary/aromatic N) is 2. The summed E-state index contributed by atoms with van der Waals surface area (Å²) >= 11 is 0. The van der Waals surface area contributed by atoms with Crippen LogP contribution in [0.2, 0.25) is 0 Å². The molecule has 2 saturated heterocycles. The van der Waals surface area contributed by atoms with Gasteiger partial charge < -0.3 is 9.47 Å². The Morgan fingerprint density at radius 2 is 1.77 bits per heavy atom. The molecule has 0 aromatic rings. The third-order valence-electron chi connectivity index (χ3n) is 5.31. The monoisotopic (exact) mass is 312 g/mol. The van der Waals surface area contributed by atoms with Crippen LogP contribution in [-0.2, 0) is 9.47 Å². The van der Waals surface area contributed by atoms with Crippen LogP contribution in [0.1, 0.15) is 54.4 Å². The fourth-order valence-electron chi connectivity index (χ4n) is 3.79. The largest absolute Gasteiger partial charge is 0.379 e. The summed E-state index contributed by atoms with van der Waals surface area (Å²) in [6.07, 6.45) is 2.70. The minimum Gasteiger partial charge on any atom is -0.379 e. The molecule has 0 amide bonds. The Kier molecular flexibility index (Phi) is 5.92. The van der Waals surface area contributed by atoms with Crippen molar-refractivity contribution < 1.29 is 9.47 Å². The normalized spacial score (nSPS) is 29.7. The molecule has 0 radical (unpaired) electrons. The molecule has 22 heavy (non-hydrogen) atoms. The standard InChI is InChI=1S/C18H36N2O2/c1-15-14-21-11-10-20(15)18(5,6)8-7-16-13-19(9-12-22-16)17(2,3)4/h15-16H,7-14H2,1-6H3/t15-,16+/m1/s1. The predicted molar refractivity (Wildman–Crippen MR) is 91.4 cm³/mol. The van der Waals surface area contributed by atoms with Gasteiger partial charge in [0.25, 0.3) is 0 Å². The summed E-state index contributed by atoms with van der Waals surface area (Å²) < 4.78 is 11.6. The molecule has 4 heteroatoms. The molecular formula is C18H36N2O2. The first-order valence-electron chi connectivity index (χ1n) is 8.91. The Balaban J connectivity index is 1.85. The van der Waals surface area contributed by atoms with Gasteiger partial charge in [-0.15, -0.1) is 0 Å². The number of hydrogen-bond donors (Lipinski definition) is 0. The lowest BCUT2D eigenvalue weighted by Crippen LogP contribution is -2.55. The average molecular weight is 312 g/mol. The lowest BCUT2D eigenvalue weighted by molar-refractivity contribution is -0.0772. The van der Waals surface area contributed by atoms with Gasteiger partial charge in [0, 0.05) is 36.8 Å². The van der Waals surface area contributed by atoms with Crippen LogP contribution in [0.4, 0.5) is 0 Å². The van der Waals surface area contributed by atoms with E-state index in [0.29, 0.717) is 12.1 Å². The van der Waals surface area contributed by atoms with E-state index in [0.717, 1.165) is 45.9 Å². The molecule has 4 nitrogen and oxygen atoms in total. The van der Waals surface area contributed by atoms with E-state index in [9.17, 15) is 0 Å². The Morgan fingerprint density at radius 1 is 1.05 bits per heavy atom. The predicted octanol–water partition coefficient (Wildman–Crippen LogP) is 2.77. The molecule has 0 N–H and O–H groups in total. The van der Waals surface area contributed by atoms with E-state index in [4.69, 9.17) is 9.47 Å². The van der Waals surface area contributed by atoms with Crippen LogP contribution in [0.5, 0.6) is 0 Å². The molecule has 0 bridgehead atoms. The fraction of sp³-hybridized carbons (Fsp3) is 1.00. The van der Waals surface area contributed by atoms with Gasteiger partial charge in [-0.05, 0) is 54.4 Å². The minimum absolute atomic E-state index is 0.219. The van der Waals surface area contributed by atoms with Crippen molar-refractivity contribution in [3.05, 3.63) is 0 Å². The van der Waals surface area contributed by atoms with Gasteiger partial charge in [-0.3, -0.25) is 9.80 Å². The van der Waals surface area contributed by atoms with Crippen LogP contribution in [-0.4, -0.2) is 72.5 Å². The number of hydrogen-bond acceptors (Lipinski definition) is 4. The van der Waals surface area contributed by atoms with Crippen LogP contribution in [0, 0.1) is 0 Å². The molecule has 0 unspecified atom stereocenters. The van der Waals surface area contributed by atoms with Crippen molar-refractivity contribution >= 4 is 0 Å². The molecule has 0 saturated carbocycles. The molecule has 0 aliphatic carbocycles. The highest BCUT2D eigenvalue weighted by molar-refractivity contribution is 4.89. The van der Waals surface area contributed by atoms with E-state index >= 15 is 0 Å². The van der Waals surface area contributed by atoms with E-state index in [1.807, 2.05) is 0 Å². The molecule has 0 aromatic carbocycles. The minimum atomic E-state index is 0.219.